The minimum atomic E-state index is -0.377. The number of amides is 1. The molecule has 0 atom stereocenters. The Morgan fingerprint density at radius 3 is 2.52 bits per heavy atom. The fourth-order valence-corrected chi connectivity index (χ4v) is 2.33. The first-order valence-electron chi connectivity index (χ1n) is 8.29. The Morgan fingerprint density at radius 1 is 1.16 bits per heavy atom. The summed E-state index contributed by atoms with van der Waals surface area (Å²) in [7, 11) is 0. The Morgan fingerprint density at radius 2 is 1.84 bits per heavy atom. The Bertz CT molecular complexity index is 774. The average Bonchev–Trinajstić information content (AvgIpc) is 2.61. The molecule has 4 nitrogen and oxygen atoms in total. The van der Waals surface area contributed by atoms with E-state index in [4.69, 9.17) is 4.74 Å². The van der Waals surface area contributed by atoms with E-state index >= 15 is 0 Å². The quantitative estimate of drug-likeness (QED) is 0.620. The molecule has 128 valence electrons. The predicted molar refractivity (Wildman–Crippen MR) is 99.0 cm³/mol. The van der Waals surface area contributed by atoms with Gasteiger partial charge in [-0.15, -0.1) is 0 Å². The van der Waals surface area contributed by atoms with Gasteiger partial charge >= 0.3 is 0 Å². The van der Waals surface area contributed by atoms with Crippen molar-refractivity contribution in [1.29, 1.82) is 5.26 Å². The molecule has 2 aromatic carbocycles. The van der Waals surface area contributed by atoms with Crippen LogP contribution in [0.25, 0.3) is 6.08 Å². The van der Waals surface area contributed by atoms with Crippen LogP contribution in [0.15, 0.2) is 60.2 Å². The van der Waals surface area contributed by atoms with Gasteiger partial charge in [-0.2, -0.15) is 5.26 Å². The lowest BCUT2D eigenvalue weighted by Gasteiger charge is -2.12. The van der Waals surface area contributed by atoms with Crippen LogP contribution in [0, 0.1) is 11.3 Å². The number of hydrogen-bond acceptors (Lipinski definition) is 3. The molecule has 1 N–H and O–H groups in total. The van der Waals surface area contributed by atoms with E-state index in [2.05, 4.69) is 5.32 Å². The number of carbonyl (C=O) groups is 1. The van der Waals surface area contributed by atoms with Crippen molar-refractivity contribution in [3.63, 3.8) is 0 Å². The van der Waals surface area contributed by atoms with Crippen LogP contribution >= 0.6 is 0 Å². The smallest absolute Gasteiger partial charge is 0.261 e. The molecule has 2 aromatic rings. The SMILES string of the molecule is CC(C)Oc1ccccc1C=C(C#N)C(=O)NCCc1ccccc1. The minimum absolute atomic E-state index is 0.0137. The van der Waals surface area contributed by atoms with Crippen molar-refractivity contribution in [3.8, 4) is 11.8 Å². The van der Waals surface area contributed by atoms with Gasteiger partial charge in [0, 0.05) is 12.1 Å². The van der Waals surface area contributed by atoms with Gasteiger partial charge in [-0.05, 0) is 38.0 Å². The number of rotatable bonds is 7. The van der Waals surface area contributed by atoms with Gasteiger partial charge in [0.1, 0.15) is 17.4 Å². The monoisotopic (exact) mass is 334 g/mol. The van der Waals surface area contributed by atoms with Gasteiger partial charge in [0.2, 0.25) is 0 Å². The molecule has 0 bridgehead atoms. The third-order valence-electron chi connectivity index (χ3n) is 3.49. The Labute approximate surface area is 148 Å². The summed E-state index contributed by atoms with van der Waals surface area (Å²) in [5.74, 6) is 0.278. The zero-order chi connectivity index (χ0) is 18.1. The third-order valence-corrected chi connectivity index (χ3v) is 3.49. The number of benzene rings is 2. The standard InChI is InChI=1S/C21H22N2O2/c1-16(2)25-20-11-7-6-10-18(20)14-19(15-22)21(24)23-13-12-17-8-4-3-5-9-17/h3-11,14,16H,12-13H2,1-2H3,(H,23,24). The summed E-state index contributed by atoms with van der Waals surface area (Å²) in [6.07, 6.45) is 2.30. The Balaban J connectivity index is 2.04. The number of nitriles is 1. The normalized spacial score (nSPS) is 11.0. The maximum absolute atomic E-state index is 12.3. The van der Waals surface area contributed by atoms with Gasteiger partial charge in [0.25, 0.3) is 5.91 Å². The topological polar surface area (TPSA) is 62.1 Å². The van der Waals surface area contributed by atoms with Gasteiger partial charge in [-0.25, -0.2) is 0 Å². The zero-order valence-corrected chi connectivity index (χ0v) is 14.5. The van der Waals surface area contributed by atoms with E-state index in [-0.39, 0.29) is 17.6 Å². The van der Waals surface area contributed by atoms with Crippen molar-refractivity contribution in [1.82, 2.24) is 5.32 Å². The first-order valence-corrected chi connectivity index (χ1v) is 8.29. The molecular weight excluding hydrogens is 312 g/mol. The van der Waals surface area contributed by atoms with Crippen LogP contribution in [0.5, 0.6) is 5.75 Å². The summed E-state index contributed by atoms with van der Waals surface area (Å²) in [6.45, 7) is 4.34. The molecule has 0 radical (unpaired) electrons. The molecule has 0 saturated heterocycles. The second kappa shape index (κ2) is 9.29. The van der Waals surface area contributed by atoms with E-state index in [9.17, 15) is 10.1 Å². The lowest BCUT2D eigenvalue weighted by Crippen LogP contribution is -2.26. The molecule has 25 heavy (non-hydrogen) atoms. The maximum Gasteiger partial charge on any atom is 0.261 e. The number of nitrogens with zero attached hydrogens (tertiary/aromatic N) is 1. The molecule has 0 fully saturated rings. The van der Waals surface area contributed by atoms with Crippen LogP contribution < -0.4 is 10.1 Å². The van der Waals surface area contributed by atoms with Crippen molar-refractivity contribution < 1.29 is 9.53 Å². The molecule has 0 saturated carbocycles. The van der Waals surface area contributed by atoms with Crippen molar-refractivity contribution in [3.05, 3.63) is 71.3 Å². The van der Waals surface area contributed by atoms with E-state index in [1.165, 1.54) is 0 Å². The zero-order valence-electron chi connectivity index (χ0n) is 14.5. The second-order valence-corrected chi connectivity index (χ2v) is 5.87. The lowest BCUT2D eigenvalue weighted by atomic mass is 10.1. The van der Waals surface area contributed by atoms with Crippen molar-refractivity contribution in [2.75, 3.05) is 6.54 Å². The summed E-state index contributed by atoms with van der Waals surface area (Å²) in [4.78, 5) is 12.3. The number of ether oxygens (including phenoxy) is 1. The van der Waals surface area contributed by atoms with E-state index in [0.717, 1.165) is 12.0 Å². The summed E-state index contributed by atoms with van der Waals surface area (Å²) < 4.78 is 5.72. The molecule has 0 unspecified atom stereocenters. The first-order chi connectivity index (χ1) is 12.1. The van der Waals surface area contributed by atoms with Crippen molar-refractivity contribution in [2.45, 2.75) is 26.4 Å². The Hall–Kier alpha value is -3.06. The van der Waals surface area contributed by atoms with E-state index in [1.807, 2.05) is 74.5 Å². The fourth-order valence-electron chi connectivity index (χ4n) is 2.33. The lowest BCUT2D eigenvalue weighted by molar-refractivity contribution is -0.117. The largest absolute Gasteiger partial charge is 0.490 e. The fraction of sp³-hybridized carbons (Fsp3) is 0.238. The van der Waals surface area contributed by atoms with Crippen LogP contribution in [0.4, 0.5) is 0 Å². The number of carbonyl (C=O) groups excluding carboxylic acids is 1. The summed E-state index contributed by atoms with van der Waals surface area (Å²) in [5.41, 5.74) is 1.92. The van der Waals surface area contributed by atoms with Crippen molar-refractivity contribution >= 4 is 12.0 Å². The molecule has 0 aliphatic carbocycles. The molecular formula is C21H22N2O2. The third kappa shape index (κ3) is 5.82. The number of para-hydroxylation sites is 1. The van der Waals surface area contributed by atoms with Crippen LogP contribution in [-0.2, 0) is 11.2 Å². The molecule has 0 spiro atoms. The molecule has 2 rings (SSSR count). The van der Waals surface area contributed by atoms with E-state index < -0.39 is 0 Å². The van der Waals surface area contributed by atoms with Crippen molar-refractivity contribution in [2.24, 2.45) is 0 Å². The van der Waals surface area contributed by atoms with Gasteiger partial charge in [0.15, 0.2) is 0 Å². The molecule has 0 aromatic heterocycles. The Kier molecular flexibility index (Phi) is 6.79. The summed E-state index contributed by atoms with van der Waals surface area (Å²) >= 11 is 0. The van der Waals surface area contributed by atoms with Gasteiger partial charge < -0.3 is 10.1 Å². The van der Waals surface area contributed by atoms with Crippen LogP contribution in [0.2, 0.25) is 0 Å². The van der Waals surface area contributed by atoms with Crippen LogP contribution in [0.1, 0.15) is 25.0 Å². The second-order valence-electron chi connectivity index (χ2n) is 5.87. The summed E-state index contributed by atoms with van der Waals surface area (Å²) in [5, 5.41) is 12.1. The highest BCUT2D eigenvalue weighted by Gasteiger charge is 2.11. The van der Waals surface area contributed by atoms with Gasteiger partial charge in [0.05, 0.1) is 6.10 Å². The first kappa shape index (κ1) is 18.3. The molecule has 0 aliphatic heterocycles. The van der Waals surface area contributed by atoms with Gasteiger partial charge in [-0.1, -0.05) is 48.5 Å². The number of hydrogen-bond donors (Lipinski definition) is 1. The molecule has 1 amide bonds. The maximum atomic E-state index is 12.3. The molecule has 4 heteroatoms. The van der Waals surface area contributed by atoms with E-state index in [1.54, 1.807) is 6.08 Å². The highest BCUT2D eigenvalue weighted by Crippen LogP contribution is 2.22. The van der Waals surface area contributed by atoms with E-state index in [0.29, 0.717) is 17.9 Å². The minimum Gasteiger partial charge on any atom is -0.490 e. The van der Waals surface area contributed by atoms with Gasteiger partial charge in [-0.3, -0.25) is 4.79 Å². The number of nitrogens with one attached hydrogen (secondary N) is 1. The predicted octanol–water partition coefficient (Wildman–Crippen LogP) is 3.74. The highest BCUT2D eigenvalue weighted by molar-refractivity contribution is 6.01. The van der Waals surface area contributed by atoms with Crippen LogP contribution in [-0.4, -0.2) is 18.6 Å². The average molecular weight is 334 g/mol. The highest BCUT2D eigenvalue weighted by atomic mass is 16.5. The molecule has 0 heterocycles. The van der Waals surface area contributed by atoms with Crippen LogP contribution in [0.3, 0.4) is 0 Å². The summed E-state index contributed by atoms with van der Waals surface area (Å²) in [6, 6.07) is 19.2. The molecule has 0 aliphatic rings.